The zero-order valence-electron chi connectivity index (χ0n) is 14.5. The molecule has 1 amide bonds. The summed E-state index contributed by atoms with van der Waals surface area (Å²) in [5, 5.41) is 3.21. The predicted molar refractivity (Wildman–Crippen MR) is 102 cm³/mol. The maximum atomic E-state index is 13.1. The smallest absolute Gasteiger partial charge is 0.230 e. The maximum absolute atomic E-state index is 13.1. The average Bonchev–Trinajstić information content (AvgIpc) is 3.06. The molecular weight excluding hydrogens is 404 g/mol. The Kier molecular flexibility index (Phi) is 5.56. The minimum atomic E-state index is -3.14. The van der Waals surface area contributed by atoms with E-state index in [1.807, 2.05) is 24.3 Å². The summed E-state index contributed by atoms with van der Waals surface area (Å²) in [6, 6.07) is 8.13. The van der Waals surface area contributed by atoms with Gasteiger partial charge in [0.15, 0.2) is 0 Å². The molecule has 1 saturated carbocycles. The Balaban J connectivity index is 1.69. The average molecular weight is 429 g/mol. The highest BCUT2D eigenvalue weighted by Gasteiger charge is 2.43. The number of benzene rings is 1. The Hall–Kier alpha value is -0.920. The molecule has 0 unspecified atom stereocenters. The Morgan fingerprint density at radius 1 is 1.16 bits per heavy atom. The van der Waals surface area contributed by atoms with Crippen LogP contribution in [0.15, 0.2) is 28.7 Å². The van der Waals surface area contributed by atoms with Gasteiger partial charge >= 0.3 is 0 Å². The quantitative estimate of drug-likeness (QED) is 0.801. The van der Waals surface area contributed by atoms with Gasteiger partial charge in [-0.25, -0.2) is 12.7 Å². The van der Waals surface area contributed by atoms with Crippen LogP contribution < -0.4 is 5.32 Å². The zero-order chi connectivity index (χ0) is 18.1. The molecule has 2 aliphatic rings. The van der Waals surface area contributed by atoms with Crippen molar-refractivity contribution >= 4 is 31.9 Å². The molecule has 1 N–H and O–H groups in total. The fourth-order valence-corrected chi connectivity index (χ4v) is 5.19. The van der Waals surface area contributed by atoms with E-state index in [1.54, 1.807) is 0 Å². The first kappa shape index (κ1) is 18.9. The number of hydrogen-bond acceptors (Lipinski definition) is 3. The van der Waals surface area contributed by atoms with Crippen molar-refractivity contribution in [1.29, 1.82) is 0 Å². The van der Waals surface area contributed by atoms with Crippen LogP contribution in [0.25, 0.3) is 0 Å². The summed E-state index contributed by atoms with van der Waals surface area (Å²) in [5.41, 5.74) is 0.647. The van der Waals surface area contributed by atoms with Gasteiger partial charge in [0.05, 0.1) is 11.7 Å². The van der Waals surface area contributed by atoms with Gasteiger partial charge in [-0.05, 0) is 43.4 Å². The summed E-state index contributed by atoms with van der Waals surface area (Å²) in [6.07, 6.45) is 6.48. The second-order valence-corrected chi connectivity index (χ2v) is 10.1. The van der Waals surface area contributed by atoms with Crippen molar-refractivity contribution in [2.24, 2.45) is 0 Å². The number of halogens is 1. The van der Waals surface area contributed by atoms with E-state index in [0.717, 1.165) is 35.7 Å². The standard InChI is InChI=1S/C18H25BrN2O3S/c1-25(23,24)21-12-8-16(9-13-21)20-17(22)18(10-2-3-11-18)14-4-6-15(19)7-5-14/h4-7,16H,2-3,8-13H2,1H3,(H,20,22). The molecule has 0 atom stereocenters. The fourth-order valence-electron chi connectivity index (χ4n) is 4.05. The summed E-state index contributed by atoms with van der Waals surface area (Å²) in [7, 11) is -3.14. The van der Waals surface area contributed by atoms with Gasteiger partial charge in [-0.15, -0.1) is 0 Å². The van der Waals surface area contributed by atoms with Gasteiger partial charge in [0.2, 0.25) is 15.9 Å². The summed E-state index contributed by atoms with van der Waals surface area (Å²) in [4.78, 5) is 13.1. The zero-order valence-corrected chi connectivity index (χ0v) is 16.9. The maximum Gasteiger partial charge on any atom is 0.230 e. The van der Waals surface area contributed by atoms with Gasteiger partial charge in [-0.1, -0.05) is 40.9 Å². The van der Waals surface area contributed by atoms with Gasteiger partial charge in [0.1, 0.15) is 0 Å². The summed E-state index contributed by atoms with van der Waals surface area (Å²) in [5.74, 6) is 0.102. The largest absolute Gasteiger partial charge is 0.352 e. The molecule has 25 heavy (non-hydrogen) atoms. The molecule has 1 aromatic carbocycles. The van der Waals surface area contributed by atoms with Crippen LogP contribution in [0.3, 0.4) is 0 Å². The number of nitrogens with one attached hydrogen (secondary N) is 1. The highest BCUT2D eigenvalue weighted by atomic mass is 79.9. The number of nitrogens with zero attached hydrogens (tertiary/aromatic N) is 1. The fraction of sp³-hybridized carbons (Fsp3) is 0.611. The highest BCUT2D eigenvalue weighted by molar-refractivity contribution is 9.10. The highest BCUT2D eigenvalue weighted by Crippen LogP contribution is 2.42. The van der Waals surface area contributed by atoms with Crippen molar-refractivity contribution in [3.05, 3.63) is 34.3 Å². The van der Waals surface area contributed by atoms with Crippen molar-refractivity contribution in [2.75, 3.05) is 19.3 Å². The van der Waals surface area contributed by atoms with Crippen molar-refractivity contribution in [1.82, 2.24) is 9.62 Å². The lowest BCUT2D eigenvalue weighted by molar-refractivity contribution is -0.127. The molecule has 1 aliphatic heterocycles. The summed E-state index contributed by atoms with van der Waals surface area (Å²) in [6.45, 7) is 0.962. The van der Waals surface area contributed by atoms with Crippen molar-refractivity contribution in [3.63, 3.8) is 0 Å². The molecule has 0 bridgehead atoms. The van der Waals surface area contributed by atoms with E-state index in [9.17, 15) is 13.2 Å². The van der Waals surface area contributed by atoms with Crippen LogP contribution in [0.4, 0.5) is 0 Å². The van der Waals surface area contributed by atoms with Crippen LogP contribution in [0, 0.1) is 0 Å². The van der Waals surface area contributed by atoms with Crippen LogP contribution in [-0.2, 0) is 20.2 Å². The van der Waals surface area contributed by atoms with Gasteiger partial charge in [-0.3, -0.25) is 4.79 Å². The van der Waals surface area contributed by atoms with Crippen LogP contribution in [0.2, 0.25) is 0 Å². The third-order valence-corrected chi connectivity index (χ3v) is 7.38. The van der Waals surface area contributed by atoms with Gasteiger partial charge in [-0.2, -0.15) is 0 Å². The van der Waals surface area contributed by atoms with Gasteiger partial charge in [0, 0.05) is 23.6 Å². The van der Waals surface area contributed by atoms with Crippen LogP contribution >= 0.6 is 15.9 Å². The van der Waals surface area contributed by atoms with Crippen molar-refractivity contribution < 1.29 is 13.2 Å². The lowest BCUT2D eigenvalue weighted by atomic mass is 9.77. The molecule has 1 aliphatic carbocycles. The van der Waals surface area contributed by atoms with Crippen LogP contribution in [0.5, 0.6) is 0 Å². The molecule has 0 radical (unpaired) electrons. The number of hydrogen-bond donors (Lipinski definition) is 1. The Morgan fingerprint density at radius 3 is 2.24 bits per heavy atom. The molecule has 1 saturated heterocycles. The molecule has 2 fully saturated rings. The van der Waals surface area contributed by atoms with Crippen molar-refractivity contribution in [2.45, 2.75) is 50.0 Å². The first-order valence-corrected chi connectivity index (χ1v) is 11.5. The lowest BCUT2D eigenvalue weighted by Crippen LogP contribution is -2.51. The number of carbonyl (C=O) groups excluding carboxylic acids is 1. The summed E-state index contributed by atoms with van der Waals surface area (Å²) < 4.78 is 25.8. The van der Waals surface area contributed by atoms with E-state index in [0.29, 0.717) is 25.9 Å². The number of piperidine rings is 1. The van der Waals surface area contributed by atoms with E-state index in [-0.39, 0.29) is 11.9 Å². The SMILES string of the molecule is CS(=O)(=O)N1CCC(NC(=O)C2(c3ccc(Br)cc3)CCCC2)CC1. The van der Waals surface area contributed by atoms with E-state index >= 15 is 0 Å². The molecular formula is C18H25BrN2O3S. The minimum Gasteiger partial charge on any atom is -0.352 e. The molecule has 5 nitrogen and oxygen atoms in total. The van der Waals surface area contributed by atoms with Crippen LogP contribution in [-0.4, -0.2) is 44.0 Å². The topological polar surface area (TPSA) is 66.5 Å². The molecule has 1 aromatic rings. The molecule has 3 rings (SSSR count). The Bertz CT molecular complexity index is 719. The normalized spacial score (nSPS) is 22.0. The second kappa shape index (κ2) is 7.37. The number of sulfonamides is 1. The molecule has 0 spiro atoms. The van der Waals surface area contributed by atoms with E-state index in [4.69, 9.17) is 0 Å². The van der Waals surface area contributed by atoms with Gasteiger partial charge < -0.3 is 5.32 Å². The molecule has 138 valence electrons. The number of carbonyl (C=O) groups is 1. The first-order chi connectivity index (χ1) is 11.8. The number of rotatable bonds is 4. The van der Waals surface area contributed by atoms with E-state index < -0.39 is 15.4 Å². The monoisotopic (exact) mass is 428 g/mol. The predicted octanol–water partition coefficient (Wildman–Crippen LogP) is 2.80. The van der Waals surface area contributed by atoms with E-state index in [1.165, 1.54) is 10.6 Å². The third-order valence-electron chi connectivity index (χ3n) is 5.55. The lowest BCUT2D eigenvalue weighted by Gasteiger charge is -2.34. The molecule has 7 heteroatoms. The number of amides is 1. The molecule has 1 heterocycles. The first-order valence-electron chi connectivity index (χ1n) is 8.83. The second-order valence-electron chi connectivity index (χ2n) is 7.21. The van der Waals surface area contributed by atoms with Gasteiger partial charge in [0.25, 0.3) is 0 Å². The summed E-state index contributed by atoms with van der Waals surface area (Å²) >= 11 is 3.46. The Morgan fingerprint density at radius 2 is 1.72 bits per heavy atom. The Labute approximate surface area is 158 Å². The molecule has 0 aromatic heterocycles. The van der Waals surface area contributed by atoms with E-state index in [2.05, 4.69) is 21.2 Å². The van der Waals surface area contributed by atoms with Crippen LogP contribution in [0.1, 0.15) is 44.1 Å². The minimum absolute atomic E-state index is 0.0541. The van der Waals surface area contributed by atoms with Crippen molar-refractivity contribution in [3.8, 4) is 0 Å². The third kappa shape index (κ3) is 4.09.